The van der Waals surface area contributed by atoms with Gasteiger partial charge in [0.15, 0.2) is 5.69 Å². The van der Waals surface area contributed by atoms with Crippen LogP contribution in [0.5, 0.6) is 0 Å². The average Bonchev–Trinajstić information content (AvgIpc) is 3.12. The molecule has 0 radical (unpaired) electrons. The average molecular weight is 399 g/mol. The van der Waals surface area contributed by atoms with Gasteiger partial charge in [-0.25, -0.2) is 4.98 Å². The minimum Gasteiger partial charge on any atom is -0.329 e. The van der Waals surface area contributed by atoms with Crippen LogP contribution in [-0.2, 0) is 19.6 Å². The summed E-state index contributed by atoms with van der Waals surface area (Å²) in [6, 6.07) is 26.0. The first kappa shape index (κ1) is 19.9. The van der Waals surface area contributed by atoms with Crippen LogP contribution in [0.15, 0.2) is 85.1 Å². The molecule has 0 unspecified atom stereocenters. The van der Waals surface area contributed by atoms with Gasteiger partial charge in [0.1, 0.15) is 5.65 Å². The summed E-state index contributed by atoms with van der Waals surface area (Å²) in [4.78, 5) is 22.4. The molecule has 4 rings (SSSR count). The Labute approximate surface area is 177 Å². The first-order chi connectivity index (χ1) is 14.6. The minimum absolute atomic E-state index is 0.0525. The van der Waals surface area contributed by atoms with Crippen LogP contribution >= 0.6 is 0 Å². The first-order valence-corrected chi connectivity index (χ1v) is 10.1. The number of benzene rings is 2. The molecule has 4 aromatic rings. The summed E-state index contributed by atoms with van der Waals surface area (Å²) >= 11 is 0. The molecule has 2 aromatic carbocycles. The van der Waals surface area contributed by atoms with E-state index in [1.165, 1.54) is 0 Å². The number of carbonyl (C=O) groups is 1. The molecule has 1 amide bonds. The molecule has 2 heterocycles. The lowest BCUT2D eigenvalue weighted by Crippen LogP contribution is -2.31. The Bertz CT molecular complexity index is 1080. The highest BCUT2D eigenvalue weighted by Gasteiger charge is 2.24. The van der Waals surface area contributed by atoms with Gasteiger partial charge in [0.2, 0.25) is 0 Å². The van der Waals surface area contributed by atoms with Crippen molar-refractivity contribution >= 4 is 11.6 Å². The summed E-state index contributed by atoms with van der Waals surface area (Å²) in [7, 11) is 4.00. The van der Waals surface area contributed by atoms with Crippen molar-refractivity contribution in [1.29, 1.82) is 0 Å². The van der Waals surface area contributed by atoms with Gasteiger partial charge in [-0.1, -0.05) is 66.7 Å². The number of hydrogen-bond donors (Lipinski definition) is 0. The maximum absolute atomic E-state index is 13.8. The van der Waals surface area contributed by atoms with Crippen molar-refractivity contribution in [2.24, 2.45) is 0 Å². The molecule has 0 aliphatic carbocycles. The van der Waals surface area contributed by atoms with E-state index in [4.69, 9.17) is 4.98 Å². The summed E-state index contributed by atoms with van der Waals surface area (Å²) in [5.74, 6) is -0.0525. The minimum atomic E-state index is -0.0525. The number of rotatable bonds is 7. The van der Waals surface area contributed by atoms with Crippen LogP contribution in [0.3, 0.4) is 0 Å². The maximum atomic E-state index is 13.8. The van der Waals surface area contributed by atoms with Crippen molar-refractivity contribution in [3.63, 3.8) is 0 Å². The molecule has 0 fully saturated rings. The predicted octanol–water partition coefficient (Wildman–Crippen LogP) is 4.24. The smallest absolute Gasteiger partial charge is 0.275 e. The molecule has 0 bridgehead atoms. The molecule has 5 heteroatoms. The van der Waals surface area contributed by atoms with Crippen molar-refractivity contribution in [3.05, 3.63) is 108 Å². The second kappa shape index (κ2) is 8.93. The molecule has 0 N–H and O–H groups in total. The third-order valence-corrected chi connectivity index (χ3v) is 5.02. The van der Waals surface area contributed by atoms with Crippen LogP contribution in [-0.4, -0.2) is 39.2 Å². The fraction of sp³-hybridized carbons (Fsp3) is 0.200. The molecule has 0 aliphatic heterocycles. The number of imidazole rings is 1. The van der Waals surface area contributed by atoms with Crippen molar-refractivity contribution < 1.29 is 4.79 Å². The zero-order valence-corrected chi connectivity index (χ0v) is 17.4. The molecule has 0 atom stereocenters. The zero-order valence-electron chi connectivity index (χ0n) is 17.4. The van der Waals surface area contributed by atoms with Gasteiger partial charge in [0.25, 0.3) is 5.91 Å². The number of amides is 1. The van der Waals surface area contributed by atoms with E-state index in [0.717, 1.165) is 22.5 Å². The van der Waals surface area contributed by atoms with Crippen LogP contribution in [0.25, 0.3) is 5.65 Å². The van der Waals surface area contributed by atoms with E-state index in [1.54, 1.807) is 0 Å². The first-order valence-electron chi connectivity index (χ1n) is 10.1. The second-order valence-corrected chi connectivity index (χ2v) is 7.71. The van der Waals surface area contributed by atoms with Gasteiger partial charge >= 0.3 is 0 Å². The van der Waals surface area contributed by atoms with Crippen LogP contribution in [0.2, 0.25) is 0 Å². The van der Waals surface area contributed by atoms with Gasteiger partial charge in [-0.2, -0.15) is 0 Å². The molecule has 0 spiro atoms. The number of hydrogen-bond acceptors (Lipinski definition) is 3. The summed E-state index contributed by atoms with van der Waals surface area (Å²) < 4.78 is 2.01. The standard InChI is InChI=1S/C25H26N4O/c1-27(2)19-22-24(26-23-15-9-10-16-29(22)23)25(30)28(17-20-11-5-3-6-12-20)18-21-13-7-4-8-14-21/h3-16H,17-19H2,1-2H3. The van der Waals surface area contributed by atoms with Gasteiger partial charge < -0.3 is 14.2 Å². The molecule has 0 saturated carbocycles. The van der Waals surface area contributed by atoms with Gasteiger partial charge in [0.05, 0.1) is 5.69 Å². The lowest BCUT2D eigenvalue weighted by molar-refractivity contribution is 0.0722. The van der Waals surface area contributed by atoms with Gasteiger partial charge in [-0.15, -0.1) is 0 Å². The molecule has 152 valence electrons. The highest BCUT2D eigenvalue weighted by atomic mass is 16.2. The fourth-order valence-electron chi connectivity index (χ4n) is 3.63. The molecule has 30 heavy (non-hydrogen) atoms. The van der Waals surface area contributed by atoms with Gasteiger partial charge in [0, 0.05) is 25.8 Å². The quantitative estimate of drug-likeness (QED) is 0.468. The highest BCUT2D eigenvalue weighted by Crippen LogP contribution is 2.19. The number of fused-ring (bicyclic) bond motifs is 1. The Hall–Kier alpha value is -3.44. The third-order valence-electron chi connectivity index (χ3n) is 5.02. The van der Waals surface area contributed by atoms with Crippen molar-refractivity contribution in [1.82, 2.24) is 19.2 Å². The number of nitrogens with zero attached hydrogens (tertiary/aromatic N) is 4. The van der Waals surface area contributed by atoms with Crippen LogP contribution in [0, 0.1) is 0 Å². The van der Waals surface area contributed by atoms with Crippen LogP contribution < -0.4 is 0 Å². The number of aromatic nitrogens is 2. The highest BCUT2D eigenvalue weighted by molar-refractivity contribution is 5.94. The SMILES string of the molecule is CN(C)Cc1c(C(=O)N(Cc2ccccc2)Cc2ccccc2)nc2ccccn12. The van der Waals surface area contributed by atoms with Crippen molar-refractivity contribution in [2.75, 3.05) is 14.1 Å². The predicted molar refractivity (Wildman–Crippen MR) is 119 cm³/mol. The largest absolute Gasteiger partial charge is 0.329 e. The number of pyridine rings is 1. The Morgan fingerprint density at radius 1 is 0.800 bits per heavy atom. The monoisotopic (exact) mass is 398 g/mol. The second-order valence-electron chi connectivity index (χ2n) is 7.71. The molecular formula is C25H26N4O. The Morgan fingerprint density at radius 3 is 1.93 bits per heavy atom. The third kappa shape index (κ3) is 4.42. The van der Waals surface area contributed by atoms with Crippen molar-refractivity contribution in [2.45, 2.75) is 19.6 Å². The fourth-order valence-corrected chi connectivity index (χ4v) is 3.63. The molecule has 0 aliphatic rings. The summed E-state index contributed by atoms with van der Waals surface area (Å²) in [5.41, 5.74) is 4.41. The maximum Gasteiger partial charge on any atom is 0.275 e. The number of carbonyl (C=O) groups excluding carboxylic acids is 1. The van der Waals surface area contributed by atoms with E-state index >= 15 is 0 Å². The molecular weight excluding hydrogens is 372 g/mol. The van der Waals surface area contributed by atoms with E-state index in [9.17, 15) is 4.79 Å². The van der Waals surface area contributed by atoms with Crippen molar-refractivity contribution in [3.8, 4) is 0 Å². The van der Waals surface area contributed by atoms with E-state index in [2.05, 4.69) is 29.2 Å². The zero-order chi connectivity index (χ0) is 20.9. The van der Waals surface area contributed by atoms with Gasteiger partial charge in [-0.3, -0.25) is 4.79 Å². The Kier molecular flexibility index (Phi) is 5.91. The summed E-state index contributed by atoms with van der Waals surface area (Å²) in [5, 5.41) is 0. The van der Waals surface area contributed by atoms with E-state index < -0.39 is 0 Å². The summed E-state index contributed by atoms with van der Waals surface area (Å²) in [6.45, 7) is 1.70. The van der Waals surface area contributed by atoms with E-state index in [1.807, 2.05) is 84.2 Å². The van der Waals surface area contributed by atoms with E-state index in [-0.39, 0.29) is 5.91 Å². The summed E-state index contributed by atoms with van der Waals surface area (Å²) in [6.07, 6.45) is 1.97. The molecule has 0 saturated heterocycles. The normalized spacial score (nSPS) is 11.2. The topological polar surface area (TPSA) is 40.9 Å². The van der Waals surface area contributed by atoms with Crippen LogP contribution in [0.1, 0.15) is 27.3 Å². The lowest BCUT2D eigenvalue weighted by atomic mass is 10.1. The molecule has 5 nitrogen and oxygen atoms in total. The molecule has 2 aromatic heterocycles. The Morgan fingerprint density at radius 2 is 1.37 bits per heavy atom. The van der Waals surface area contributed by atoms with Gasteiger partial charge in [-0.05, 0) is 37.4 Å². The van der Waals surface area contributed by atoms with E-state index in [0.29, 0.717) is 25.3 Å². The lowest BCUT2D eigenvalue weighted by Gasteiger charge is -2.23. The van der Waals surface area contributed by atoms with Crippen LogP contribution in [0.4, 0.5) is 0 Å². The Balaban J connectivity index is 1.73.